The van der Waals surface area contributed by atoms with Crippen LogP contribution in [0.15, 0.2) is 90.8 Å². The highest BCUT2D eigenvalue weighted by Gasteiger charge is 2.22. The molecule has 0 atom stereocenters. The summed E-state index contributed by atoms with van der Waals surface area (Å²) in [5.41, 5.74) is 19.9. The van der Waals surface area contributed by atoms with Gasteiger partial charge in [-0.25, -0.2) is 0 Å². The zero-order valence-electron chi connectivity index (χ0n) is 23.0. The van der Waals surface area contributed by atoms with Crippen LogP contribution in [0.2, 0.25) is 0 Å². The van der Waals surface area contributed by atoms with E-state index in [-0.39, 0.29) is 5.91 Å². The molecule has 0 radical (unpaired) electrons. The summed E-state index contributed by atoms with van der Waals surface area (Å²) in [6, 6.07) is 23.9. The number of rotatable bonds is 7. The zero-order valence-corrected chi connectivity index (χ0v) is 23.0. The molecule has 9 heteroatoms. The van der Waals surface area contributed by atoms with E-state index >= 15 is 0 Å². The molecule has 3 heterocycles. The lowest BCUT2D eigenvalue weighted by Gasteiger charge is -2.27. The minimum absolute atomic E-state index is 0.0118. The van der Waals surface area contributed by atoms with Crippen LogP contribution in [0, 0.1) is 5.41 Å². The van der Waals surface area contributed by atoms with Crippen LogP contribution in [0.4, 0.5) is 11.4 Å². The molecule has 1 amide bonds. The Morgan fingerprint density at radius 1 is 0.976 bits per heavy atom. The van der Waals surface area contributed by atoms with Crippen LogP contribution in [0.3, 0.4) is 0 Å². The van der Waals surface area contributed by atoms with Crippen LogP contribution in [0.5, 0.6) is 0 Å². The van der Waals surface area contributed by atoms with Crippen molar-refractivity contribution in [2.45, 2.75) is 13.0 Å². The largest absolute Gasteiger partial charge is 0.398 e. The average molecular weight is 550 g/mol. The number of carbonyl (C=O) groups excluding carboxylic acids is 1. The van der Waals surface area contributed by atoms with Gasteiger partial charge in [0.1, 0.15) is 0 Å². The maximum Gasteiger partial charge on any atom is 0.254 e. The third kappa shape index (κ3) is 6.02. The Kier molecular flexibility index (Phi) is 7.82. The lowest BCUT2D eigenvalue weighted by Crippen LogP contribution is -2.40. The van der Waals surface area contributed by atoms with Crippen molar-refractivity contribution in [1.29, 1.82) is 5.41 Å². The van der Waals surface area contributed by atoms with Gasteiger partial charge in [-0.2, -0.15) is 0 Å². The maximum absolute atomic E-state index is 12.8. The van der Waals surface area contributed by atoms with Gasteiger partial charge in [0.05, 0.1) is 36.5 Å². The fourth-order valence-electron chi connectivity index (χ4n) is 5.37. The van der Waals surface area contributed by atoms with Crippen LogP contribution in [-0.2, 0) is 11.3 Å². The molecule has 9 nitrogen and oxygen atoms in total. The van der Waals surface area contributed by atoms with Crippen molar-refractivity contribution in [3.8, 4) is 0 Å². The van der Waals surface area contributed by atoms with Crippen LogP contribution < -0.4 is 21.7 Å². The molecule has 6 rings (SSSR count). The van der Waals surface area contributed by atoms with Crippen molar-refractivity contribution < 1.29 is 9.53 Å². The molecule has 3 aliphatic heterocycles. The Morgan fingerprint density at radius 3 is 2.49 bits per heavy atom. The second-order valence-electron chi connectivity index (χ2n) is 10.5. The highest BCUT2D eigenvalue weighted by molar-refractivity contribution is 6.14. The number of allylic oxidation sites excluding steroid dienone is 1. The Balaban J connectivity index is 1.12. The normalized spacial score (nSPS) is 17.6. The van der Waals surface area contributed by atoms with Gasteiger partial charge in [-0.05, 0) is 59.5 Å². The van der Waals surface area contributed by atoms with Gasteiger partial charge in [0.2, 0.25) is 0 Å². The SMILES string of the molecule is N=C(C1=CN(c2ccc(C(=O)N3CCOCC3)cc2)NN1)c1cc(C2=CCN(Cc3ccccc3)CC2)ccc1N. The van der Waals surface area contributed by atoms with Crippen molar-refractivity contribution in [2.75, 3.05) is 50.1 Å². The van der Waals surface area contributed by atoms with E-state index in [1.807, 2.05) is 59.6 Å². The molecule has 1 fully saturated rings. The third-order valence-corrected chi connectivity index (χ3v) is 7.76. The molecule has 3 aliphatic rings. The first-order valence-electron chi connectivity index (χ1n) is 14.0. The number of ether oxygens (including phenoxy) is 1. The number of hydrazine groups is 2. The van der Waals surface area contributed by atoms with Crippen LogP contribution in [0.1, 0.15) is 33.5 Å². The van der Waals surface area contributed by atoms with Gasteiger partial charge >= 0.3 is 0 Å². The number of nitrogens with one attached hydrogen (secondary N) is 3. The number of carbonyl (C=O) groups is 1. The fourth-order valence-corrected chi connectivity index (χ4v) is 5.37. The molecule has 0 spiro atoms. The van der Waals surface area contributed by atoms with E-state index in [4.69, 9.17) is 15.9 Å². The van der Waals surface area contributed by atoms with Crippen molar-refractivity contribution >= 4 is 28.6 Å². The van der Waals surface area contributed by atoms with E-state index in [0.717, 1.165) is 37.3 Å². The second kappa shape index (κ2) is 12.0. The maximum atomic E-state index is 12.8. The molecule has 41 heavy (non-hydrogen) atoms. The van der Waals surface area contributed by atoms with Gasteiger partial charge < -0.3 is 15.4 Å². The molecule has 1 saturated heterocycles. The van der Waals surface area contributed by atoms with Crippen molar-refractivity contribution in [3.05, 3.63) is 113 Å². The number of morpholine rings is 1. The molecular formula is C32H35N7O2. The van der Waals surface area contributed by atoms with Crippen LogP contribution in [0.25, 0.3) is 5.57 Å². The Hall–Kier alpha value is -4.44. The van der Waals surface area contributed by atoms with E-state index < -0.39 is 0 Å². The molecule has 0 aromatic heterocycles. The van der Waals surface area contributed by atoms with E-state index in [1.54, 1.807) is 5.01 Å². The summed E-state index contributed by atoms with van der Waals surface area (Å²) in [7, 11) is 0. The predicted octanol–water partition coefficient (Wildman–Crippen LogP) is 3.77. The first-order valence-corrected chi connectivity index (χ1v) is 14.0. The molecular weight excluding hydrogens is 514 g/mol. The smallest absolute Gasteiger partial charge is 0.254 e. The summed E-state index contributed by atoms with van der Waals surface area (Å²) in [6.07, 6.45) is 5.06. The minimum atomic E-state index is 0.0118. The highest BCUT2D eigenvalue weighted by Crippen LogP contribution is 2.28. The van der Waals surface area contributed by atoms with Gasteiger partial charge in [-0.3, -0.25) is 25.5 Å². The van der Waals surface area contributed by atoms with Crippen LogP contribution in [-0.4, -0.2) is 60.8 Å². The predicted molar refractivity (Wildman–Crippen MR) is 162 cm³/mol. The summed E-state index contributed by atoms with van der Waals surface area (Å²) in [6.45, 7) is 5.19. The van der Waals surface area contributed by atoms with E-state index in [9.17, 15) is 4.79 Å². The van der Waals surface area contributed by atoms with Crippen molar-refractivity contribution in [3.63, 3.8) is 0 Å². The first kappa shape index (κ1) is 26.8. The zero-order chi connectivity index (χ0) is 28.2. The number of hydrogen-bond donors (Lipinski definition) is 4. The minimum Gasteiger partial charge on any atom is -0.398 e. The second-order valence-corrected chi connectivity index (χ2v) is 10.5. The lowest BCUT2D eigenvalue weighted by atomic mass is 9.95. The van der Waals surface area contributed by atoms with Crippen molar-refractivity contribution in [2.24, 2.45) is 0 Å². The molecule has 210 valence electrons. The Bertz CT molecular complexity index is 1480. The average Bonchev–Trinajstić information content (AvgIpc) is 3.53. The molecule has 3 aromatic rings. The topological polar surface area (TPSA) is 110 Å². The van der Waals surface area contributed by atoms with Crippen molar-refractivity contribution in [1.82, 2.24) is 20.8 Å². The number of nitrogens with two attached hydrogens (primary N) is 1. The molecule has 0 aliphatic carbocycles. The highest BCUT2D eigenvalue weighted by atomic mass is 16.5. The summed E-state index contributed by atoms with van der Waals surface area (Å²) in [4.78, 5) is 17.0. The number of benzene rings is 3. The standard InChI is InChI=1S/C32H35N7O2/c33-29-11-8-26(24-12-14-37(15-13-24)21-23-4-2-1-3-5-23)20-28(29)31(34)30-22-39(36-35-30)27-9-6-25(7-10-27)32(40)38-16-18-41-19-17-38/h1-12,20,22,34-36H,13-19,21,33H2. The number of hydrogen-bond acceptors (Lipinski definition) is 8. The molecule has 0 saturated carbocycles. The fraction of sp³-hybridized carbons (Fsp3) is 0.250. The van der Waals surface area contributed by atoms with E-state index in [0.29, 0.717) is 54.5 Å². The van der Waals surface area contributed by atoms with Gasteiger partial charge in [0.25, 0.3) is 5.91 Å². The van der Waals surface area contributed by atoms with Crippen LogP contribution >= 0.6 is 0 Å². The van der Waals surface area contributed by atoms with Gasteiger partial charge in [0.15, 0.2) is 0 Å². The van der Waals surface area contributed by atoms with Gasteiger partial charge in [0, 0.05) is 49.5 Å². The Morgan fingerprint density at radius 2 is 1.76 bits per heavy atom. The Labute approximate surface area is 240 Å². The number of amides is 1. The molecule has 5 N–H and O–H groups in total. The summed E-state index contributed by atoms with van der Waals surface area (Å²) < 4.78 is 5.35. The summed E-state index contributed by atoms with van der Waals surface area (Å²) in [5, 5.41) is 10.7. The third-order valence-electron chi connectivity index (χ3n) is 7.76. The number of nitrogens with zero attached hydrogens (tertiary/aromatic N) is 3. The molecule has 0 unspecified atom stereocenters. The lowest BCUT2D eigenvalue weighted by molar-refractivity contribution is 0.0303. The first-order chi connectivity index (χ1) is 20.0. The molecule has 0 bridgehead atoms. The number of anilines is 2. The number of nitrogen functional groups attached to an aromatic ring is 1. The monoisotopic (exact) mass is 549 g/mol. The van der Waals surface area contributed by atoms with Gasteiger partial charge in [-0.1, -0.05) is 42.5 Å². The quantitative estimate of drug-likeness (QED) is 0.262. The summed E-state index contributed by atoms with van der Waals surface area (Å²) in [5.74, 6) is 0.0118. The summed E-state index contributed by atoms with van der Waals surface area (Å²) >= 11 is 0. The van der Waals surface area contributed by atoms with E-state index in [2.05, 4.69) is 46.2 Å². The van der Waals surface area contributed by atoms with E-state index in [1.165, 1.54) is 11.1 Å². The molecule has 3 aromatic carbocycles. The van der Waals surface area contributed by atoms with Gasteiger partial charge in [-0.15, -0.1) is 5.53 Å².